The molecule has 2 rings (SSSR count). The van der Waals surface area contributed by atoms with E-state index in [9.17, 15) is 9.18 Å². The van der Waals surface area contributed by atoms with Gasteiger partial charge in [0.1, 0.15) is 11.4 Å². The first-order valence-corrected chi connectivity index (χ1v) is 8.18. The second-order valence-corrected chi connectivity index (χ2v) is 7.42. The number of benzene rings is 1. The first kappa shape index (κ1) is 17.2. The van der Waals surface area contributed by atoms with E-state index >= 15 is 0 Å². The number of nitrogens with one attached hydrogen (secondary N) is 1. The lowest BCUT2D eigenvalue weighted by Gasteiger charge is -2.22. The molecule has 22 heavy (non-hydrogen) atoms. The Morgan fingerprint density at radius 1 is 1.50 bits per heavy atom. The average molecular weight is 373 g/mol. The normalized spacial score (nSPS) is 19.2. The van der Waals surface area contributed by atoms with Crippen molar-refractivity contribution in [2.45, 2.75) is 45.4 Å². The average Bonchev–Trinajstić information content (AvgIpc) is 2.79. The fraction of sp³-hybridized carbons (Fsp3) is 0.562. The van der Waals surface area contributed by atoms with Gasteiger partial charge < -0.3 is 10.1 Å². The lowest BCUT2D eigenvalue weighted by atomic mass is 10.2. The molecule has 0 bridgehead atoms. The van der Waals surface area contributed by atoms with E-state index in [0.717, 1.165) is 17.4 Å². The van der Waals surface area contributed by atoms with Crippen molar-refractivity contribution in [1.29, 1.82) is 0 Å². The van der Waals surface area contributed by atoms with Gasteiger partial charge in [0, 0.05) is 35.7 Å². The first-order chi connectivity index (χ1) is 10.2. The van der Waals surface area contributed by atoms with E-state index in [2.05, 4.69) is 26.1 Å². The van der Waals surface area contributed by atoms with Crippen LogP contribution in [-0.4, -0.2) is 35.7 Å². The van der Waals surface area contributed by atoms with Gasteiger partial charge in [0.15, 0.2) is 0 Å². The van der Waals surface area contributed by atoms with Gasteiger partial charge in [0.25, 0.3) is 0 Å². The number of halogens is 2. The van der Waals surface area contributed by atoms with Gasteiger partial charge in [0.05, 0.1) is 0 Å². The zero-order valence-corrected chi connectivity index (χ0v) is 14.7. The number of alkyl carbamates (subject to hydrolysis) is 1. The van der Waals surface area contributed by atoms with Crippen molar-refractivity contribution in [3.63, 3.8) is 0 Å². The Labute approximate surface area is 139 Å². The number of carbonyl (C=O) groups is 1. The topological polar surface area (TPSA) is 41.6 Å². The van der Waals surface area contributed by atoms with Crippen molar-refractivity contribution < 1.29 is 13.9 Å². The van der Waals surface area contributed by atoms with Gasteiger partial charge >= 0.3 is 6.09 Å². The molecule has 0 spiro atoms. The molecule has 4 nitrogen and oxygen atoms in total. The fourth-order valence-electron chi connectivity index (χ4n) is 2.48. The van der Waals surface area contributed by atoms with Gasteiger partial charge in [-0.25, -0.2) is 9.18 Å². The minimum absolute atomic E-state index is 0.0420. The molecule has 0 saturated carbocycles. The molecule has 1 N–H and O–H groups in total. The lowest BCUT2D eigenvalue weighted by molar-refractivity contribution is 0.0505. The highest BCUT2D eigenvalue weighted by atomic mass is 79.9. The van der Waals surface area contributed by atoms with Crippen LogP contribution < -0.4 is 5.32 Å². The molecule has 1 atom stereocenters. The molecule has 1 fully saturated rings. The SMILES string of the molecule is CC(C)(C)OC(=O)N[C@@H]1CCN(Cc2c(F)cccc2Br)C1. The van der Waals surface area contributed by atoms with E-state index in [1.54, 1.807) is 6.07 Å². The molecule has 1 saturated heterocycles. The number of carbonyl (C=O) groups excluding carboxylic acids is 1. The van der Waals surface area contributed by atoms with Gasteiger partial charge in [-0.05, 0) is 39.3 Å². The zero-order valence-electron chi connectivity index (χ0n) is 13.2. The summed E-state index contributed by atoms with van der Waals surface area (Å²) in [7, 11) is 0. The van der Waals surface area contributed by atoms with E-state index in [0.29, 0.717) is 18.7 Å². The summed E-state index contributed by atoms with van der Waals surface area (Å²) in [5.41, 5.74) is 0.154. The molecule has 1 heterocycles. The maximum atomic E-state index is 13.9. The summed E-state index contributed by atoms with van der Waals surface area (Å²) >= 11 is 3.39. The Morgan fingerprint density at radius 3 is 2.86 bits per heavy atom. The quantitative estimate of drug-likeness (QED) is 0.879. The van der Waals surface area contributed by atoms with E-state index in [4.69, 9.17) is 4.74 Å². The molecular formula is C16H22BrFN2O2. The lowest BCUT2D eigenvalue weighted by Crippen LogP contribution is -2.40. The Bertz CT molecular complexity index is 525. The summed E-state index contributed by atoms with van der Waals surface area (Å²) in [6.07, 6.45) is 0.442. The molecule has 122 valence electrons. The molecule has 0 aliphatic carbocycles. The van der Waals surface area contributed by atoms with Crippen LogP contribution in [-0.2, 0) is 11.3 Å². The number of amides is 1. The molecule has 0 unspecified atom stereocenters. The Morgan fingerprint density at radius 2 is 2.23 bits per heavy atom. The standard InChI is InChI=1S/C16H22BrFN2O2/c1-16(2,3)22-15(21)19-11-7-8-20(9-11)10-12-13(17)5-4-6-14(12)18/h4-6,11H,7-10H2,1-3H3,(H,19,21)/t11-/m1/s1. The molecule has 1 aliphatic heterocycles. The van der Waals surface area contributed by atoms with Crippen molar-refractivity contribution in [2.75, 3.05) is 13.1 Å². The molecule has 0 radical (unpaired) electrons. The summed E-state index contributed by atoms with van der Waals surface area (Å²) in [6.45, 7) is 7.55. The second kappa shape index (κ2) is 6.96. The minimum atomic E-state index is -0.500. The van der Waals surface area contributed by atoms with Gasteiger partial charge in [-0.15, -0.1) is 0 Å². The van der Waals surface area contributed by atoms with Crippen LogP contribution in [0.3, 0.4) is 0 Å². The van der Waals surface area contributed by atoms with Gasteiger partial charge in [-0.1, -0.05) is 22.0 Å². The third kappa shape index (κ3) is 4.95. The van der Waals surface area contributed by atoms with Crippen molar-refractivity contribution in [2.24, 2.45) is 0 Å². The van der Waals surface area contributed by atoms with Gasteiger partial charge in [-0.3, -0.25) is 4.90 Å². The van der Waals surface area contributed by atoms with Crippen LogP contribution in [0.2, 0.25) is 0 Å². The predicted molar refractivity (Wildman–Crippen MR) is 87.2 cm³/mol. The maximum Gasteiger partial charge on any atom is 0.407 e. The third-order valence-corrected chi connectivity index (χ3v) is 4.18. The molecule has 0 aromatic heterocycles. The van der Waals surface area contributed by atoms with Gasteiger partial charge in [-0.2, -0.15) is 0 Å². The van der Waals surface area contributed by atoms with Crippen molar-refractivity contribution in [3.05, 3.63) is 34.1 Å². The summed E-state index contributed by atoms with van der Waals surface area (Å²) in [6, 6.07) is 5.03. The first-order valence-electron chi connectivity index (χ1n) is 7.39. The third-order valence-electron chi connectivity index (χ3n) is 3.44. The number of nitrogens with zero attached hydrogens (tertiary/aromatic N) is 1. The summed E-state index contributed by atoms with van der Waals surface area (Å²) < 4.78 is 19.9. The zero-order chi connectivity index (χ0) is 16.3. The summed E-state index contributed by atoms with van der Waals surface area (Å²) in [5, 5.41) is 2.87. The van der Waals surface area contributed by atoms with E-state index in [1.807, 2.05) is 26.8 Å². The van der Waals surface area contributed by atoms with Crippen molar-refractivity contribution in [3.8, 4) is 0 Å². The van der Waals surface area contributed by atoms with Crippen LogP contribution in [0.5, 0.6) is 0 Å². The highest BCUT2D eigenvalue weighted by molar-refractivity contribution is 9.10. The van der Waals surface area contributed by atoms with Crippen LogP contribution >= 0.6 is 15.9 Å². The Kier molecular flexibility index (Phi) is 5.45. The molecule has 1 amide bonds. The largest absolute Gasteiger partial charge is 0.444 e. The highest BCUT2D eigenvalue weighted by Crippen LogP contribution is 2.23. The maximum absolute atomic E-state index is 13.9. The molecule has 1 aromatic carbocycles. The number of hydrogen-bond donors (Lipinski definition) is 1. The van der Waals surface area contributed by atoms with Crippen LogP contribution in [0.15, 0.2) is 22.7 Å². The van der Waals surface area contributed by atoms with E-state index in [1.165, 1.54) is 6.07 Å². The van der Waals surface area contributed by atoms with Crippen LogP contribution in [0.1, 0.15) is 32.8 Å². The van der Waals surface area contributed by atoms with Crippen LogP contribution in [0.25, 0.3) is 0 Å². The van der Waals surface area contributed by atoms with Crippen molar-refractivity contribution >= 4 is 22.0 Å². The number of likely N-dealkylation sites (tertiary alicyclic amines) is 1. The van der Waals surface area contributed by atoms with E-state index < -0.39 is 11.7 Å². The number of ether oxygens (including phenoxy) is 1. The number of hydrogen-bond acceptors (Lipinski definition) is 3. The fourth-order valence-corrected chi connectivity index (χ4v) is 2.94. The van der Waals surface area contributed by atoms with E-state index in [-0.39, 0.29) is 11.9 Å². The van der Waals surface area contributed by atoms with Crippen LogP contribution in [0, 0.1) is 5.82 Å². The molecular weight excluding hydrogens is 351 g/mol. The van der Waals surface area contributed by atoms with Crippen LogP contribution in [0.4, 0.5) is 9.18 Å². The molecule has 6 heteroatoms. The predicted octanol–water partition coefficient (Wildman–Crippen LogP) is 3.69. The number of rotatable bonds is 3. The Balaban J connectivity index is 1.87. The molecule has 1 aromatic rings. The minimum Gasteiger partial charge on any atom is -0.444 e. The second-order valence-electron chi connectivity index (χ2n) is 6.57. The Hall–Kier alpha value is -1.14. The monoisotopic (exact) mass is 372 g/mol. The molecule has 1 aliphatic rings. The van der Waals surface area contributed by atoms with Gasteiger partial charge in [0.2, 0.25) is 0 Å². The summed E-state index contributed by atoms with van der Waals surface area (Å²) in [4.78, 5) is 13.9. The summed E-state index contributed by atoms with van der Waals surface area (Å²) in [5.74, 6) is -0.210. The smallest absolute Gasteiger partial charge is 0.407 e. The highest BCUT2D eigenvalue weighted by Gasteiger charge is 2.26. The van der Waals surface area contributed by atoms with Crippen molar-refractivity contribution in [1.82, 2.24) is 10.2 Å².